The summed E-state index contributed by atoms with van der Waals surface area (Å²) in [7, 11) is 3.80. The van der Waals surface area contributed by atoms with E-state index in [4.69, 9.17) is 15.2 Å². The lowest BCUT2D eigenvalue weighted by Gasteiger charge is -2.14. The van der Waals surface area contributed by atoms with E-state index in [0.717, 1.165) is 15.8 Å². The maximum absolute atomic E-state index is 12.3. The van der Waals surface area contributed by atoms with E-state index in [2.05, 4.69) is 15.2 Å². The maximum Gasteiger partial charge on any atom is 0.350 e. The van der Waals surface area contributed by atoms with Crippen molar-refractivity contribution >= 4 is 66.9 Å². The van der Waals surface area contributed by atoms with E-state index in [1.165, 1.54) is 22.7 Å². The first-order valence-corrected chi connectivity index (χ1v) is 11.3. The van der Waals surface area contributed by atoms with Gasteiger partial charge in [0.25, 0.3) is 0 Å². The number of anilines is 2. The molecule has 0 unspecified atom stereocenters. The molecule has 0 atom stereocenters. The van der Waals surface area contributed by atoms with Crippen LogP contribution in [0.2, 0.25) is 0 Å². The Bertz CT molecular complexity index is 1140. The van der Waals surface area contributed by atoms with E-state index in [1.54, 1.807) is 19.2 Å². The lowest BCUT2D eigenvalue weighted by Crippen LogP contribution is -2.09. The van der Waals surface area contributed by atoms with Gasteiger partial charge in [-0.15, -0.1) is 32.9 Å². The molecular weight excluding hydrogens is 438 g/mol. The molecule has 31 heavy (non-hydrogen) atoms. The van der Waals surface area contributed by atoms with Crippen molar-refractivity contribution in [2.45, 2.75) is 20.3 Å². The highest BCUT2D eigenvalue weighted by atomic mass is 32.1. The Morgan fingerprint density at radius 1 is 1.16 bits per heavy atom. The molecule has 164 valence electrons. The molecule has 1 aromatic carbocycles. The first-order chi connectivity index (χ1) is 14.8. The second-order valence-electron chi connectivity index (χ2n) is 6.57. The molecule has 0 saturated heterocycles. The van der Waals surface area contributed by atoms with Crippen molar-refractivity contribution in [2.75, 3.05) is 37.9 Å². The number of ether oxygens (including phenoxy) is 2. The highest BCUT2D eigenvalue weighted by Gasteiger charge is 2.22. The number of benzene rings is 1. The number of thiophene rings is 1. The summed E-state index contributed by atoms with van der Waals surface area (Å²) >= 11 is 2.51. The summed E-state index contributed by atoms with van der Waals surface area (Å²) < 4.78 is 10.8. The van der Waals surface area contributed by atoms with Crippen LogP contribution in [-0.4, -0.2) is 44.2 Å². The number of rotatable bonds is 8. The Labute approximate surface area is 187 Å². The first kappa shape index (κ1) is 22.6. The highest BCUT2D eigenvalue weighted by Crippen LogP contribution is 2.45. The van der Waals surface area contributed by atoms with Crippen molar-refractivity contribution in [3.05, 3.63) is 28.1 Å². The van der Waals surface area contributed by atoms with Gasteiger partial charge in [-0.1, -0.05) is 0 Å². The number of nitrogen functional groups attached to an aromatic ring is 1. The minimum Gasteiger partial charge on any atom is -0.466 e. The SMILES string of the molecule is CCOC(=O)Cc1csc(N=Nc2ccc(N(C)C)c3c(N)c(C(=O)OCC)sc23)n1. The van der Waals surface area contributed by atoms with Crippen LogP contribution >= 0.6 is 22.7 Å². The van der Waals surface area contributed by atoms with Gasteiger partial charge in [-0.25, -0.2) is 9.78 Å². The van der Waals surface area contributed by atoms with E-state index >= 15 is 0 Å². The van der Waals surface area contributed by atoms with Gasteiger partial charge in [0.1, 0.15) is 10.6 Å². The van der Waals surface area contributed by atoms with Crippen molar-refractivity contribution in [1.82, 2.24) is 4.98 Å². The zero-order valence-electron chi connectivity index (χ0n) is 17.7. The molecule has 0 radical (unpaired) electrons. The average Bonchev–Trinajstić information content (AvgIpc) is 3.31. The molecule has 2 heterocycles. The molecule has 11 heteroatoms. The number of esters is 2. The number of azo groups is 1. The van der Waals surface area contributed by atoms with Crippen LogP contribution < -0.4 is 10.6 Å². The number of hydrogen-bond acceptors (Lipinski definition) is 11. The molecule has 3 rings (SSSR count). The van der Waals surface area contributed by atoms with Crippen molar-refractivity contribution in [3.8, 4) is 0 Å². The van der Waals surface area contributed by atoms with Crippen molar-refractivity contribution < 1.29 is 19.1 Å². The molecule has 0 aliphatic carbocycles. The Balaban J connectivity index is 1.96. The summed E-state index contributed by atoms with van der Waals surface area (Å²) in [6, 6.07) is 3.70. The van der Waals surface area contributed by atoms with Crippen LogP contribution in [0.4, 0.5) is 22.2 Å². The summed E-state index contributed by atoms with van der Waals surface area (Å²) in [5, 5.41) is 11.4. The number of carbonyl (C=O) groups is 2. The molecule has 9 nitrogen and oxygen atoms in total. The molecule has 0 fully saturated rings. The molecule has 0 bridgehead atoms. The summed E-state index contributed by atoms with van der Waals surface area (Å²) in [4.78, 5) is 30.5. The molecule has 0 amide bonds. The molecule has 3 aromatic rings. The van der Waals surface area contributed by atoms with Gasteiger partial charge in [0.2, 0.25) is 5.13 Å². The molecule has 2 aromatic heterocycles. The molecule has 0 saturated carbocycles. The van der Waals surface area contributed by atoms with Gasteiger partial charge in [-0.3, -0.25) is 4.79 Å². The fraction of sp³-hybridized carbons (Fsp3) is 0.350. The summed E-state index contributed by atoms with van der Waals surface area (Å²) in [5.74, 6) is -0.796. The minimum absolute atomic E-state index is 0.0893. The third-order valence-corrected chi connectivity index (χ3v) is 6.17. The summed E-state index contributed by atoms with van der Waals surface area (Å²) in [6.45, 7) is 4.09. The Morgan fingerprint density at radius 2 is 1.90 bits per heavy atom. The van der Waals surface area contributed by atoms with Gasteiger partial charge in [-0.05, 0) is 26.0 Å². The normalized spacial score (nSPS) is 11.2. The second kappa shape index (κ2) is 9.84. The van der Waals surface area contributed by atoms with Crippen LogP contribution in [0.5, 0.6) is 0 Å². The topological polar surface area (TPSA) is 119 Å². The Hall–Kier alpha value is -3.05. The van der Waals surface area contributed by atoms with Crippen molar-refractivity contribution in [1.29, 1.82) is 0 Å². The van der Waals surface area contributed by atoms with Crippen LogP contribution in [0, 0.1) is 0 Å². The average molecular weight is 462 g/mol. The van der Waals surface area contributed by atoms with Gasteiger partial charge < -0.3 is 20.1 Å². The van der Waals surface area contributed by atoms with E-state index in [-0.39, 0.29) is 19.0 Å². The summed E-state index contributed by atoms with van der Waals surface area (Å²) in [6.07, 6.45) is 0.0893. The predicted octanol–water partition coefficient (Wildman–Crippen LogP) is 4.70. The Kier molecular flexibility index (Phi) is 7.18. The number of hydrogen-bond donors (Lipinski definition) is 1. The zero-order valence-corrected chi connectivity index (χ0v) is 19.3. The molecular formula is C20H23N5O4S2. The number of nitrogens with zero attached hydrogens (tertiary/aromatic N) is 4. The van der Waals surface area contributed by atoms with E-state index < -0.39 is 5.97 Å². The summed E-state index contributed by atoms with van der Waals surface area (Å²) in [5.41, 5.74) is 8.69. The number of nitrogens with two attached hydrogens (primary N) is 1. The smallest absolute Gasteiger partial charge is 0.350 e. The van der Waals surface area contributed by atoms with E-state index in [0.29, 0.717) is 33.7 Å². The standard InChI is InChI=1S/C20H23N5O4S2/c1-5-28-14(26)9-11-10-30-20(22-11)24-23-12-7-8-13(25(3)4)15-16(21)18(31-17(12)15)19(27)29-6-2/h7-8,10H,5-6,9,21H2,1-4H3. The number of carbonyl (C=O) groups excluding carboxylic acids is 2. The second-order valence-corrected chi connectivity index (χ2v) is 8.43. The van der Waals surface area contributed by atoms with Gasteiger partial charge in [-0.2, -0.15) is 0 Å². The maximum atomic E-state index is 12.3. The van der Waals surface area contributed by atoms with Gasteiger partial charge in [0, 0.05) is 30.5 Å². The van der Waals surface area contributed by atoms with Crippen molar-refractivity contribution in [2.24, 2.45) is 10.2 Å². The minimum atomic E-state index is -0.461. The quantitative estimate of drug-likeness (QED) is 0.381. The third kappa shape index (κ3) is 5.00. The Morgan fingerprint density at radius 3 is 2.58 bits per heavy atom. The predicted molar refractivity (Wildman–Crippen MR) is 123 cm³/mol. The molecule has 0 aliphatic heterocycles. The van der Waals surface area contributed by atoms with E-state index in [1.807, 2.05) is 31.1 Å². The lowest BCUT2D eigenvalue weighted by atomic mass is 10.1. The third-order valence-electron chi connectivity index (χ3n) is 4.19. The number of thiazole rings is 1. The molecule has 0 aliphatic rings. The number of aromatic nitrogens is 1. The fourth-order valence-corrected chi connectivity index (χ4v) is 4.60. The van der Waals surface area contributed by atoms with Crippen LogP contribution in [0.25, 0.3) is 10.1 Å². The van der Waals surface area contributed by atoms with Gasteiger partial charge in [0.15, 0.2) is 0 Å². The first-order valence-electron chi connectivity index (χ1n) is 9.56. The van der Waals surface area contributed by atoms with Crippen LogP contribution in [0.3, 0.4) is 0 Å². The fourth-order valence-electron chi connectivity index (χ4n) is 2.88. The largest absolute Gasteiger partial charge is 0.466 e. The molecule has 0 spiro atoms. The number of fused-ring (bicyclic) bond motifs is 1. The van der Waals surface area contributed by atoms with Gasteiger partial charge >= 0.3 is 11.9 Å². The van der Waals surface area contributed by atoms with Gasteiger partial charge in [0.05, 0.1) is 35.7 Å². The van der Waals surface area contributed by atoms with E-state index in [9.17, 15) is 9.59 Å². The monoisotopic (exact) mass is 461 g/mol. The van der Waals surface area contributed by atoms with Crippen LogP contribution in [0.15, 0.2) is 27.7 Å². The zero-order chi connectivity index (χ0) is 22.5. The van der Waals surface area contributed by atoms with Crippen molar-refractivity contribution in [3.63, 3.8) is 0 Å². The molecule has 2 N–H and O–H groups in total. The highest BCUT2D eigenvalue weighted by molar-refractivity contribution is 7.22. The van der Waals surface area contributed by atoms with Crippen LogP contribution in [-0.2, 0) is 20.7 Å². The van der Waals surface area contributed by atoms with Crippen LogP contribution in [0.1, 0.15) is 29.2 Å². The lowest BCUT2D eigenvalue weighted by molar-refractivity contribution is -0.142.